The molecule has 0 fully saturated rings. The molecular weight excluding hydrogens is 154 g/mol. The first-order chi connectivity index (χ1) is 5.56. The number of nitrogens with zero attached hydrogens (tertiary/aromatic N) is 2. The van der Waals surface area contributed by atoms with Crippen LogP contribution in [0.15, 0.2) is 21.9 Å². The van der Waals surface area contributed by atoms with Gasteiger partial charge in [-0.2, -0.15) is 0 Å². The first-order valence-corrected chi connectivity index (χ1v) is 3.69. The minimum Gasteiger partial charge on any atom is -0.494 e. The number of guanidine groups is 1. The Hall–Kier alpha value is -1.32. The van der Waals surface area contributed by atoms with Gasteiger partial charge >= 0.3 is 0 Å². The topological polar surface area (TPSA) is 60.0 Å². The molecule has 68 valence electrons. The molecule has 4 nitrogen and oxygen atoms in total. The number of allylic oxidation sites excluding steroid dienone is 1. The maximum Gasteiger partial charge on any atom is 0.219 e. The summed E-state index contributed by atoms with van der Waals surface area (Å²) in [6.07, 6.45) is 1.67. The highest BCUT2D eigenvalue weighted by atomic mass is 16.5. The predicted octanol–water partition coefficient (Wildman–Crippen LogP) is 1.29. The third-order valence-corrected chi connectivity index (χ3v) is 0.962. The van der Waals surface area contributed by atoms with Crippen molar-refractivity contribution in [2.24, 2.45) is 15.7 Å². The maximum absolute atomic E-state index is 5.28. The lowest BCUT2D eigenvalue weighted by Crippen LogP contribution is -2.06. The maximum atomic E-state index is 5.28. The Labute approximate surface area is 72.8 Å². The molecule has 0 aromatic heterocycles. The summed E-state index contributed by atoms with van der Waals surface area (Å²) in [7, 11) is 0. The Balaban J connectivity index is 4.08. The van der Waals surface area contributed by atoms with Crippen molar-refractivity contribution in [1.82, 2.24) is 0 Å². The van der Waals surface area contributed by atoms with E-state index in [1.54, 1.807) is 6.92 Å². The van der Waals surface area contributed by atoms with Crippen LogP contribution in [-0.2, 0) is 4.74 Å². The predicted molar refractivity (Wildman–Crippen MR) is 51.1 cm³/mol. The van der Waals surface area contributed by atoms with Crippen molar-refractivity contribution in [2.45, 2.75) is 26.9 Å². The molecule has 0 unspecified atom stereocenters. The van der Waals surface area contributed by atoms with Crippen LogP contribution in [0.4, 0.5) is 0 Å². The summed E-state index contributed by atoms with van der Waals surface area (Å²) in [5, 5.41) is 0. The van der Waals surface area contributed by atoms with Gasteiger partial charge in [0.25, 0.3) is 0 Å². The summed E-state index contributed by atoms with van der Waals surface area (Å²) in [6.45, 7) is 8.91. The number of ether oxygens (including phenoxy) is 1. The van der Waals surface area contributed by atoms with E-state index in [-0.39, 0.29) is 12.1 Å². The molecule has 0 spiro atoms. The van der Waals surface area contributed by atoms with Crippen molar-refractivity contribution in [3.63, 3.8) is 0 Å². The summed E-state index contributed by atoms with van der Waals surface area (Å²) in [5.74, 6) is 0.846. The van der Waals surface area contributed by atoms with Crippen LogP contribution >= 0.6 is 0 Å². The average Bonchev–Trinajstić information content (AvgIpc) is 1.99. The molecule has 0 aliphatic heterocycles. The van der Waals surface area contributed by atoms with Gasteiger partial charge in [-0.1, -0.05) is 0 Å². The Morgan fingerprint density at radius 1 is 1.58 bits per heavy atom. The molecule has 0 saturated carbocycles. The molecule has 0 bridgehead atoms. The fourth-order valence-corrected chi connectivity index (χ4v) is 0.600. The Kier molecular flexibility index (Phi) is 4.76. The standard InChI is InChI=1S/C8H15N3O/c1-6(2)12-7(3)5-11-8(9)10-4/h5-6H,4H2,1-3H3,(H2,9,11)/b7-5+. The van der Waals surface area contributed by atoms with E-state index in [9.17, 15) is 0 Å². The molecule has 0 heterocycles. The van der Waals surface area contributed by atoms with Crippen LogP contribution in [0.1, 0.15) is 20.8 Å². The normalized spacial score (nSPS) is 13.3. The molecule has 12 heavy (non-hydrogen) atoms. The van der Waals surface area contributed by atoms with E-state index in [4.69, 9.17) is 10.5 Å². The monoisotopic (exact) mass is 169 g/mol. The van der Waals surface area contributed by atoms with Gasteiger partial charge in [-0.05, 0) is 27.5 Å². The molecular formula is C8H15N3O. The lowest BCUT2D eigenvalue weighted by Gasteiger charge is -2.07. The van der Waals surface area contributed by atoms with E-state index in [1.807, 2.05) is 13.8 Å². The molecule has 2 N–H and O–H groups in total. The number of hydrogen-bond donors (Lipinski definition) is 1. The van der Waals surface area contributed by atoms with Crippen molar-refractivity contribution >= 4 is 12.7 Å². The molecule has 0 radical (unpaired) electrons. The van der Waals surface area contributed by atoms with Gasteiger partial charge in [0.2, 0.25) is 5.96 Å². The van der Waals surface area contributed by atoms with Gasteiger partial charge in [0.05, 0.1) is 12.3 Å². The highest BCUT2D eigenvalue weighted by Gasteiger charge is 1.93. The van der Waals surface area contributed by atoms with Crippen LogP contribution in [0.2, 0.25) is 0 Å². The van der Waals surface area contributed by atoms with Crippen LogP contribution in [-0.4, -0.2) is 18.8 Å². The fraction of sp³-hybridized carbons (Fsp3) is 0.500. The summed E-state index contributed by atoms with van der Waals surface area (Å²) in [6, 6.07) is 0. The summed E-state index contributed by atoms with van der Waals surface area (Å²) >= 11 is 0. The van der Waals surface area contributed by atoms with Crippen LogP contribution in [0.25, 0.3) is 0 Å². The molecule has 0 saturated heterocycles. The lowest BCUT2D eigenvalue weighted by atomic mass is 10.5. The zero-order valence-corrected chi connectivity index (χ0v) is 7.74. The Bertz CT molecular complexity index is 206. The fourth-order valence-electron chi connectivity index (χ4n) is 0.600. The van der Waals surface area contributed by atoms with E-state index in [0.29, 0.717) is 5.76 Å². The smallest absolute Gasteiger partial charge is 0.219 e. The van der Waals surface area contributed by atoms with Crippen LogP contribution < -0.4 is 5.73 Å². The van der Waals surface area contributed by atoms with Crippen molar-refractivity contribution in [3.05, 3.63) is 12.0 Å². The molecule has 4 heteroatoms. The third kappa shape index (κ3) is 5.46. The largest absolute Gasteiger partial charge is 0.494 e. The minimum absolute atomic E-state index is 0.140. The van der Waals surface area contributed by atoms with Crippen LogP contribution in [0, 0.1) is 0 Å². The molecule has 0 aromatic rings. The van der Waals surface area contributed by atoms with Gasteiger partial charge in [0, 0.05) is 0 Å². The molecule has 0 rings (SSSR count). The van der Waals surface area contributed by atoms with Crippen molar-refractivity contribution in [2.75, 3.05) is 0 Å². The number of rotatable bonds is 3. The summed E-state index contributed by atoms with van der Waals surface area (Å²) < 4.78 is 5.28. The molecule has 0 atom stereocenters. The third-order valence-electron chi connectivity index (χ3n) is 0.962. The molecule has 0 aliphatic carbocycles. The second-order valence-corrected chi connectivity index (χ2v) is 2.55. The minimum atomic E-state index is 0.140. The van der Waals surface area contributed by atoms with E-state index in [2.05, 4.69) is 16.7 Å². The van der Waals surface area contributed by atoms with Gasteiger partial charge in [0.1, 0.15) is 5.76 Å². The van der Waals surface area contributed by atoms with E-state index in [1.165, 1.54) is 6.20 Å². The Morgan fingerprint density at radius 3 is 2.58 bits per heavy atom. The van der Waals surface area contributed by atoms with Gasteiger partial charge in [-0.25, -0.2) is 9.98 Å². The van der Waals surface area contributed by atoms with Gasteiger partial charge < -0.3 is 10.5 Å². The first-order valence-electron chi connectivity index (χ1n) is 3.69. The lowest BCUT2D eigenvalue weighted by molar-refractivity contribution is 0.148. The van der Waals surface area contributed by atoms with E-state index >= 15 is 0 Å². The summed E-state index contributed by atoms with van der Waals surface area (Å²) in [4.78, 5) is 7.19. The van der Waals surface area contributed by atoms with Gasteiger partial charge in [-0.3, -0.25) is 0 Å². The zero-order chi connectivity index (χ0) is 9.56. The molecule has 0 aromatic carbocycles. The highest BCUT2D eigenvalue weighted by molar-refractivity contribution is 5.82. The number of nitrogens with two attached hydrogens (primary N) is 1. The van der Waals surface area contributed by atoms with Crippen molar-refractivity contribution < 1.29 is 4.74 Å². The highest BCUT2D eigenvalue weighted by Crippen LogP contribution is 2.00. The number of aliphatic imine (C=N–C) groups is 2. The Morgan fingerprint density at radius 2 is 2.17 bits per heavy atom. The number of hydrogen-bond acceptors (Lipinski definition) is 2. The second kappa shape index (κ2) is 5.35. The molecule has 0 amide bonds. The van der Waals surface area contributed by atoms with Gasteiger partial charge in [0.15, 0.2) is 0 Å². The van der Waals surface area contributed by atoms with E-state index in [0.717, 1.165) is 0 Å². The van der Waals surface area contributed by atoms with Crippen LogP contribution in [0.3, 0.4) is 0 Å². The van der Waals surface area contributed by atoms with Crippen molar-refractivity contribution in [1.29, 1.82) is 0 Å². The quantitative estimate of drug-likeness (QED) is 0.393. The first kappa shape index (κ1) is 10.7. The van der Waals surface area contributed by atoms with Gasteiger partial charge in [-0.15, -0.1) is 0 Å². The summed E-state index contributed by atoms with van der Waals surface area (Å²) in [5.41, 5.74) is 5.27. The average molecular weight is 169 g/mol. The zero-order valence-electron chi connectivity index (χ0n) is 7.74. The van der Waals surface area contributed by atoms with Crippen molar-refractivity contribution in [3.8, 4) is 0 Å². The van der Waals surface area contributed by atoms with E-state index < -0.39 is 0 Å². The SMILES string of the molecule is C=N/C(N)=N\C=C(/C)OC(C)C. The molecule has 0 aliphatic rings. The second-order valence-electron chi connectivity index (χ2n) is 2.55. The van der Waals surface area contributed by atoms with Crippen LogP contribution in [0.5, 0.6) is 0 Å².